The van der Waals surface area contributed by atoms with E-state index in [1.807, 2.05) is 39.8 Å². The fourth-order valence-corrected chi connectivity index (χ4v) is 9.38. The third-order valence-electron chi connectivity index (χ3n) is 12.3. The van der Waals surface area contributed by atoms with E-state index in [4.69, 9.17) is 10.5 Å². The second kappa shape index (κ2) is 16.4. The number of carbonyl (C=O) groups is 3. The minimum Gasteiger partial charge on any atom is -0.494 e. The lowest BCUT2D eigenvalue weighted by Gasteiger charge is -2.54. The Morgan fingerprint density at radius 2 is 1.61 bits per heavy atom. The summed E-state index contributed by atoms with van der Waals surface area (Å²) in [5.74, 6) is -0.200. The van der Waals surface area contributed by atoms with Crippen molar-refractivity contribution < 1.29 is 19.1 Å². The molecule has 2 fully saturated rings. The number of fused-ring (bicyclic) bond motifs is 2. The highest BCUT2D eigenvalue weighted by molar-refractivity contribution is 7.97. The maximum Gasteiger partial charge on any atom is 0.253 e. The fraction of sp³-hybridized carbons (Fsp3) is 0.523. The van der Waals surface area contributed by atoms with E-state index >= 15 is 0 Å². The third kappa shape index (κ3) is 7.61. The quantitative estimate of drug-likeness (QED) is 0.0763. The van der Waals surface area contributed by atoms with Gasteiger partial charge in [-0.3, -0.25) is 19.1 Å². The third-order valence-corrected chi connectivity index (χ3v) is 13.2. The average molecular weight is 754 g/mol. The molecule has 2 amide bonds. The number of amides is 2. The highest BCUT2D eigenvalue weighted by atomic mass is 32.2. The molecule has 3 unspecified atom stereocenters. The molecule has 3 atom stereocenters. The molecule has 2 saturated heterocycles. The van der Waals surface area contributed by atoms with E-state index in [9.17, 15) is 14.4 Å². The van der Waals surface area contributed by atoms with Gasteiger partial charge in [-0.1, -0.05) is 83.6 Å². The normalized spacial score (nSPS) is 23.4. The smallest absolute Gasteiger partial charge is 0.253 e. The molecule has 3 aromatic carbocycles. The Morgan fingerprint density at radius 1 is 0.926 bits per heavy atom. The van der Waals surface area contributed by atoms with Crippen LogP contribution in [-0.4, -0.2) is 67.4 Å². The van der Waals surface area contributed by atoms with Gasteiger partial charge in [0, 0.05) is 77.4 Å². The second-order valence-corrected chi connectivity index (χ2v) is 17.4. The molecule has 54 heavy (non-hydrogen) atoms. The number of unbranched alkanes of at least 4 members (excludes halogenated alkanes) is 7. The number of hydrogen-bond acceptors (Lipinski definition) is 8. The van der Waals surface area contributed by atoms with E-state index in [1.54, 1.807) is 29.0 Å². The Labute approximate surface area is 325 Å². The topological polar surface area (TPSA) is 117 Å². The van der Waals surface area contributed by atoms with Crippen LogP contribution in [0.5, 0.6) is 5.75 Å². The number of nitrogens with two attached hydrogens (primary N) is 1. The second-order valence-electron chi connectivity index (χ2n) is 16.4. The highest BCUT2D eigenvalue weighted by Crippen LogP contribution is 2.50. The van der Waals surface area contributed by atoms with Gasteiger partial charge >= 0.3 is 0 Å². The minimum atomic E-state index is -1.32. The first-order valence-corrected chi connectivity index (χ1v) is 20.7. The molecule has 1 aliphatic carbocycles. The van der Waals surface area contributed by atoms with Crippen molar-refractivity contribution in [3.05, 3.63) is 66.2 Å². The molecule has 9 nitrogen and oxygen atoms in total. The number of nitrogens with one attached hydrogen (secondary N) is 2. The summed E-state index contributed by atoms with van der Waals surface area (Å²) in [6, 6.07) is 18.4. The molecule has 290 valence electrons. The van der Waals surface area contributed by atoms with Gasteiger partial charge in [0.1, 0.15) is 16.8 Å². The number of Topliss-reactive ketones (excluding diaryl/α,β-unsaturated/α-hetero) is 1. The molecule has 0 radical (unpaired) electrons. The van der Waals surface area contributed by atoms with Gasteiger partial charge in [-0.2, -0.15) is 0 Å². The molecule has 0 aromatic heterocycles. The number of hydrogen-bond donors (Lipinski definition) is 3. The lowest BCUT2D eigenvalue weighted by molar-refractivity contribution is -0.161. The monoisotopic (exact) mass is 753 g/mol. The van der Waals surface area contributed by atoms with E-state index < -0.39 is 22.4 Å². The van der Waals surface area contributed by atoms with Crippen LogP contribution in [0.1, 0.15) is 97.5 Å². The molecule has 0 bridgehead atoms. The predicted molar refractivity (Wildman–Crippen MR) is 222 cm³/mol. The number of rotatable bonds is 16. The Hall–Kier alpha value is -4.02. The maximum absolute atomic E-state index is 14.1. The zero-order chi connectivity index (χ0) is 38.7. The van der Waals surface area contributed by atoms with Gasteiger partial charge in [0.05, 0.1) is 6.61 Å². The van der Waals surface area contributed by atoms with Gasteiger partial charge in [-0.25, -0.2) is 0 Å². The van der Waals surface area contributed by atoms with Crippen LogP contribution in [-0.2, 0) is 14.4 Å². The van der Waals surface area contributed by atoms with Crippen LogP contribution >= 0.6 is 11.9 Å². The van der Waals surface area contributed by atoms with Gasteiger partial charge in [0.25, 0.3) is 5.91 Å². The molecule has 6 rings (SSSR count). The molecule has 4 N–H and O–H groups in total. The lowest BCUT2D eigenvalue weighted by Crippen LogP contribution is -2.76. The van der Waals surface area contributed by atoms with E-state index in [-0.39, 0.29) is 17.6 Å². The van der Waals surface area contributed by atoms with Crippen molar-refractivity contribution in [1.29, 1.82) is 0 Å². The van der Waals surface area contributed by atoms with Crippen LogP contribution in [0.15, 0.2) is 65.6 Å². The van der Waals surface area contributed by atoms with Crippen molar-refractivity contribution in [2.75, 3.05) is 44.4 Å². The minimum absolute atomic E-state index is 0.0933. The van der Waals surface area contributed by atoms with Crippen LogP contribution in [0.25, 0.3) is 16.3 Å². The first kappa shape index (κ1) is 39.7. The summed E-state index contributed by atoms with van der Waals surface area (Å²) in [5, 5.41) is 5.67. The summed E-state index contributed by atoms with van der Waals surface area (Å²) in [7, 11) is 4.18. The maximum atomic E-state index is 14.1. The van der Waals surface area contributed by atoms with Crippen LogP contribution < -0.4 is 25.4 Å². The van der Waals surface area contributed by atoms with Crippen LogP contribution in [0.4, 0.5) is 11.4 Å². The van der Waals surface area contributed by atoms with Crippen molar-refractivity contribution in [1.82, 2.24) is 14.9 Å². The van der Waals surface area contributed by atoms with Crippen molar-refractivity contribution in [3.8, 4) is 5.75 Å². The van der Waals surface area contributed by atoms with Gasteiger partial charge in [-0.15, -0.1) is 0 Å². The number of nitrogens with zero attached hydrogens (tertiary/aromatic N) is 2. The number of anilines is 2. The SMILES string of the molecule is CC1C(C)(C)C(=O)C(c2ccc(OCCCCCCCCCCNSc3cccc4c(N(C)C)cccc34)cc2N)=CC12NC(=O)C1(C)CCCN1C2=O. The number of ether oxygens (including phenoxy) is 1. The molecule has 10 heteroatoms. The largest absolute Gasteiger partial charge is 0.494 e. The van der Waals surface area contributed by atoms with E-state index in [0.29, 0.717) is 42.1 Å². The number of benzene rings is 3. The molecule has 3 aliphatic rings. The van der Waals surface area contributed by atoms with Gasteiger partial charge in [0.15, 0.2) is 5.78 Å². The van der Waals surface area contributed by atoms with E-state index in [1.165, 1.54) is 59.9 Å². The summed E-state index contributed by atoms with van der Waals surface area (Å²) >= 11 is 1.73. The molecule has 3 aromatic rings. The van der Waals surface area contributed by atoms with Crippen molar-refractivity contribution in [2.24, 2.45) is 11.3 Å². The number of carbonyl (C=O) groups excluding carboxylic acids is 3. The Morgan fingerprint density at radius 3 is 2.33 bits per heavy atom. The summed E-state index contributed by atoms with van der Waals surface area (Å²) in [6.07, 6.45) is 12.5. The lowest BCUT2D eigenvalue weighted by atomic mass is 9.58. The molecule has 2 heterocycles. The molecule has 2 aliphatic heterocycles. The predicted octanol–water partition coefficient (Wildman–Crippen LogP) is 8.16. The first-order chi connectivity index (χ1) is 25.8. The van der Waals surface area contributed by atoms with Gasteiger partial charge in [-0.05, 0) is 80.3 Å². The Balaban J connectivity index is 0.912. The molecule has 0 saturated carbocycles. The summed E-state index contributed by atoms with van der Waals surface area (Å²) in [6.45, 7) is 9.56. The number of allylic oxidation sites excluding steroid dienone is 1. The first-order valence-electron chi connectivity index (χ1n) is 19.8. The standard InChI is InChI=1S/C44H59N5O4S/c1-30-42(2,3)39(50)35(29-44(30)41(52)49-26-17-24-43(49,4)40(51)47-44)32-23-22-31(28-36(32)45)53-27-14-12-10-8-7-9-11-13-25-46-54-38-21-16-18-33-34(38)19-15-20-37(33)48(5)6/h15-16,18-23,28-30,46H,7-14,17,24-27,45H2,1-6H3,(H,47,51). The van der Waals surface area contributed by atoms with Gasteiger partial charge < -0.3 is 25.6 Å². The average Bonchev–Trinajstić information content (AvgIpc) is 3.56. The van der Waals surface area contributed by atoms with Crippen molar-refractivity contribution in [3.63, 3.8) is 0 Å². The number of nitrogen functional groups attached to an aromatic ring is 1. The summed E-state index contributed by atoms with van der Waals surface area (Å²) in [4.78, 5) is 46.7. The summed E-state index contributed by atoms with van der Waals surface area (Å²) < 4.78 is 9.62. The molecular formula is C44H59N5O4S. The Kier molecular flexibility index (Phi) is 12.0. The van der Waals surface area contributed by atoms with Crippen LogP contribution in [0, 0.1) is 11.3 Å². The Bertz CT molecular complexity index is 1910. The van der Waals surface area contributed by atoms with Crippen molar-refractivity contribution in [2.45, 2.75) is 108 Å². The van der Waals surface area contributed by atoms with Crippen molar-refractivity contribution >= 4 is 57.3 Å². The van der Waals surface area contributed by atoms with Crippen LogP contribution in [0.3, 0.4) is 0 Å². The zero-order valence-electron chi connectivity index (χ0n) is 33.1. The summed E-state index contributed by atoms with van der Waals surface area (Å²) in [5.41, 5.74) is 6.06. The van der Waals surface area contributed by atoms with E-state index in [0.717, 1.165) is 25.8 Å². The number of piperazine rings is 1. The van der Waals surface area contributed by atoms with E-state index in [2.05, 4.69) is 65.4 Å². The molecular weight excluding hydrogens is 695 g/mol. The molecule has 1 spiro atoms. The fourth-order valence-electron chi connectivity index (χ4n) is 8.54. The number of ketones is 1. The van der Waals surface area contributed by atoms with Crippen LogP contribution in [0.2, 0.25) is 0 Å². The highest BCUT2D eigenvalue weighted by Gasteiger charge is 2.64. The van der Waals surface area contributed by atoms with Gasteiger partial charge in [0.2, 0.25) is 5.91 Å². The zero-order valence-corrected chi connectivity index (χ0v) is 33.9.